The van der Waals surface area contributed by atoms with Crippen molar-refractivity contribution in [3.05, 3.63) is 30.3 Å². The van der Waals surface area contributed by atoms with Crippen molar-refractivity contribution in [1.29, 1.82) is 0 Å². The average molecular weight is 223 g/mol. The van der Waals surface area contributed by atoms with Crippen molar-refractivity contribution in [1.82, 2.24) is 5.32 Å². The quantitative estimate of drug-likeness (QED) is 0.707. The van der Waals surface area contributed by atoms with Crippen molar-refractivity contribution in [3.8, 4) is 5.75 Å². The largest absolute Gasteiger partial charge is 0.484 e. The second-order valence-electron chi connectivity index (χ2n) is 3.15. The van der Waals surface area contributed by atoms with Crippen LogP contribution < -0.4 is 10.1 Å². The predicted molar refractivity (Wildman–Crippen MR) is 61.4 cm³/mol. The van der Waals surface area contributed by atoms with Crippen LogP contribution in [0.15, 0.2) is 30.3 Å². The Morgan fingerprint density at radius 1 is 1.31 bits per heavy atom. The van der Waals surface area contributed by atoms with Crippen LogP contribution in [-0.2, 0) is 9.53 Å². The molecule has 0 aliphatic carbocycles. The van der Waals surface area contributed by atoms with Gasteiger partial charge in [0.25, 0.3) is 5.91 Å². The van der Waals surface area contributed by atoms with Crippen molar-refractivity contribution >= 4 is 5.91 Å². The van der Waals surface area contributed by atoms with Gasteiger partial charge < -0.3 is 14.8 Å². The molecule has 0 aliphatic rings. The number of rotatable bonds is 7. The molecule has 88 valence electrons. The molecule has 1 N–H and O–H groups in total. The fourth-order valence-electron chi connectivity index (χ4n) is 1.12. The maximum Gasteiger partial charge on any atom is 0.258 e. The molecule has 4 nitrogen and oxygen atoms in total. The zero-order valence-electron chi connectivity index (χ0n) is 9.44. The zero-order valence-corrected chi connectivity index (χ0v) is 9.44. The first-order valence-corrected chi connectivity index (χ1v) is 5.35. The van der Waals surface area contributed by atoms with E-state index in [4.69, 9.17) is 9.47 Å². The summed E-state index contributed by atoms with van der Waals surface area (Å²) in [5.41, 5.74) is 0. The molecular formula is C12H17NO3. The van der Waals surface area contributed by atoms with E-state index >= 15 is 0 Å². The van der Waals surface area contributed by atoms with E-state index < -0.39 is 0 Å². The number of carbonyl (C=O) groups is 1. The molecule has 1 aromatic carbocycles. The third kappa shape index (κ3) is 5.36. The number of para-hydroxylation sites is 1. The molecule has 16 heavy (non-hydrogen) atoms. The first-order valence-electron chi connectivity index (χ1n) is 5.35. The summed E-state index contributed by atoms with van der Waals surface area (Å²) in [6.07, 6.45) is 0. The number of benzene rings is 1. The molecular weight excluding hydrogens is 206 g/mol. The lowest BCUT2D eigenvalue weighted by molar-refractivity contribution is -0.123. The Bertz CT molecular complexity index is 300. The first kappa shape index (κ1) is 12.5. The summed E-state index contributed by atoms with van der Waals surface area (Å²) in [6.45, 7) is 3.67. The van der Waals surface area contributed by atoms with Gasteiger partial charge in [-0.25, -0.2) is 0 Å². The van der Waals surface area contributed by atoms with E-state index in [0.29, 0.717) is 25.5 Å². The lowest BCUT2D eigenvalue weighted by atomic mass is 10.3. The van der Waals surface area contributed by atoms with E-state index in [9.17, 15) is 4.79 Å². The van der Waals surface area contributed by atoms with E-state index in [1.165, 1.54) is 0 Å². The van der Waals surface area contributed by atoms with Gasteiger partial charge in [-0.2, -0.15) is 0 Å². The topological polar surface area (TPSA) is 47.6 Å². The molecule has 0 saturated heterocycles. The Labute approximate surface area is 95.6 Å². The van der Waals surface area contributed by atoms with Gasteiger partial charge in [0.2, 0.25) is 0 Å². The number of ether oxygens (including phenoxy) is 2. The van der Waals surface area contributed by atoms with E-state index in [1.54, 1.807) is 0 Å². The lowest BCUT2D eigenvalue weighted by Crippen LogP contribution is -2.31. The molecule has 0 aromatic heterocycles. The fourth-order valence-corrected chi connectivity index (χ4v) is 1.12. The zero-order chi connectivity index (χ0) is 11.6. The SMILES string of the molecule is CCOCCNC(=O)COc1ccccc1. The van der Waals surface area contributed by atoms with Gasteiger partial charge >= 0.3 is 0 Å². The Kier molecular flexibility index (Phi) is 6.03. The Morgan fingerprint density at radius 3 is 2.75 bits per heavy atom. The van der Waals surface area contributed by atoms with E-state index in [1.807, 2.05) is 37.3 Å². The van der Waals surface area contributed by atoms with E-state index in [0.717, 1.165) is 0 Å². The summed E-state index contributed by atoms with van der Waals surface area (Å²) in [7, 11) is 0. The third-order valence-electron chi connectivity index (χ3n) is 1.89. The molecule has 4 heteroatoms. The number of carbonyl (C=O) groups excluding carboxylic acids is 1. The van der Waals surface area contributed by atoms with Crippen molar-refractivity contribution in [2.24, 2.45) is 0 Å². The standard InChI is InChI=1S/C12H17NO3/c1-2-15-9-8-13-12(14)10-16-11-6-4-3-5-7-11/h3-7H,2,8-10H2,1H3,(H,13,14). The molecule has 1 rings (SSSR count). The molecule has 0 radical (unpaired) electrons. The van der Waals surface area contributed by atoms with Gasteiger partial charge in [-0.05, 0) is 19.1 Å². The number of hydrogen-bond acceptors (Lipinski definition) is 3. The fraction of sp³-hybridized carbons (Fsp3) is 0.417. The number of nitrogens with one attached hydrogen (secondary N) is 1. The molecule has 0 atom stereocenters. The minimum atomic E-state index is -0.136. The summed E-state index contributed by atoms with van der Waals surface area (Å²) < 4.78 is 10.4. The van der Waals surface area contributed by atoms with Crippen LogP contribution in [0, 0.1) is 0 Å². The van der Waals surface area contributed by atoms with Gasteiger partial charge in [0.1, 0.15) is 5.75 Å². The van der Waals surface area contributed by atoms with Gasteiger partial charge in [-0.1, -0.05) is 18.2 Å². The van der Waals surface area contributed by atoms with Crippen LogP contribution in [0.5, 0.6) is 5.75 Å². The summed E-state index contributed by atoms with van der Waals surface area (Å²) in [4.78, 5) is 11.3. The minimum absolute atomic E-state index is 0.0378. The van der Waals surface area contributed by atoms with Gasteiger partial charge in [-0.15, -0.1) is 0 Å². The van der Waals surface area contributed by atoms with Crippen LogP contribution in [0.2, 0.25) is 0 Å². The second-order valence-corrected chi connectivity index (χ2v) is 3.15. The van der Waals surface area contributed by atoms with Crippen LogP contribution in [0.1, 0.15) is 6.92 Å². The average Bonchev–Trinajstić information content (AvgIpc) is 2.33. The normalized spacial score (nSPS) is 9.81. The summed E-state index contributed by atoms with van der Waals surface area (Å²) in [5, 5.41) is 2.70. The highest BCUT2D eigenvalue weighted by Crippen LogP contribution is 2.07. The lowest BCUT2D eigenvalue weighted by Gasteiger charge is -2.07. The van der Waals surface area contributed by atoms with Gasteiger partial charge in [0.15, 0.2) is 6.61 Å². The van der Waals surface area contributed by atoms with E-state index in [-0.39, 0.29) is 12.5 Å². The van der Waals surface area contributed by atoms with Crippen LogP contribution in [0.3, 0.4) is 0 Å². The maximum atomic E-state index is 11.3. The Hall–Kier alpha value is -1.55. The minimum Gasteiger partial charge on any atom is -0.484 e. The highest BCUT2D eigenvalue weighted by molar-refractivity contribution is 5.77. The number of amides is 1. The van der Waals surface area contributed by atoms with Crippen molar-refractivity contribution < 1.29 is 14.3 Å². The second kappa shape index (κ2) is 7.70. The van der Waals surface area contributed by atoms with Crippen LogP contribution in [0.4, 0.5) is 0 Å². The molecule has 0 bridgehead atoms. The van der Waals surface area contributed by atoms with Crippen molar-refractivity contribution in [2.45, 2.75) is 6.92 Å². The molecule has 0 heterocycles. The molecule has 0 saturated carbocycles. The highest BCUT2D eigenvalue weighted by Gasteiger charge is 2.01. The van der Waals surface area contributed by atoms with E-state index in [2.05, 4.69) is 5.32 Å². The van der Waals surface area contributed by atoms with Crippen molar-refractivity contribution in [2.75, 3.05) is 26.4 Å². The summed E-state index contributed by atoms with van der Waals surface area (Å²) >= 11 is 0. The van der Waals surface area contributed by atoms with Gasteiger partial charge in [0, 0.05) is 13.2 Å². The molecule has 0 unspecified atom stereocenters. The Balaban J connectivity index is 2.11. The highest BCUT2D eigenvalue weighted by atomic mass is 16.5. The van der Waals surface area contributed by atoms with Crippen LogP contribution in [-0.4, -0.2) is 32.3 Å². The summed E-state index contributed by atoms with van der Waals surface area (Å²) in [6, 6.07) is 9.25. The Morgan fingerprint density at radius 2 is 2.06 bits per heavy atom. The maximum absolute atomic E-state index is 11.3. The molecule has 1 aromatic rings. The molecule has 0 aliphatic heterocycles. The first-order chi connectivity index (χ1) is 7.83. The van der Waals surface area contributed by atoms with Crippen LogP contribution in [0.25, 0.3) is 0 Å². The molecule has 0 spiro atoms. The van der Waals surface area contributed by atoms with Crippen molar-refractivity contribution in [3.63, 3.8) is 0 Å². The van der Waals surface area contributed by atoms with Crippen LogP contribution >= 0.6 is 0 Å². The predicted octanol–water partition coefficient (Wildman–Crippen LogP) is 1.22. The third-order valence-corrected chi connectivity index (χ3v) is 1.89. The molecule has 0 fully saturated rings. The van der Waals surface area contributed by atoms with Gasteiger partial charge in [-0.3, -0.25) is 4.79 Å². The molecule has 1 amide bonds. The monoisotopic (exact) mass is 223 g/mol. The number of hydrogen-bond donors (Lipinski definition) is 1. The summed E-state index contributed by atoms with van der Waals surface area (Å²) in [5.74, 6) is 0.561. The van der Waals surface area contributed by atoms with Gasteiger partial charge in [0.05, 0.1) is 6.61 Å². The smallest absolute Gasteiger partial charge is 0.258 e.